The normalized spacial score (nSPS) is 25.8. The fraction of sp³-hybridized carbons (Fsp3) is 0.583. The Balaban J connectivity index is 2.09. The SMILES string of the molecule is CC1CC(C)CN(C(=O)c2cc(Br)cs2)C1. The van der Waals surface area contributed by atoms with Crippen molar-refractivity contribution in [1.82, 2.24) is 4.90 Å². The highest BCUT2D eigenvalue weighted by Gasteiger charge is 2.26. The van der Waals surface area contributed by atoms with E-state index < -0.39 is 0 Å². The number of hydrogen-bond donors (Lipinski definition) is 0. The fourth-order valence-electron chi connectivity index (χ4n) is 2.41. The van der Waals surface area contributed by atoms with Crippen LogP contribution in [0, 0.1) is 11.8 Å². The van der Waals surface area contributed by atoms with Gasteiger partial charge in [0.25, 0.3) is 5.91 Å². The minimum atomic E-state index is 0.189. The van der Waals surface area contributed by atoms with Gasteiger partial charge in [-0.15, -0.1) is 11.3 Å². The number of halogens is 1. The number of rotatable bonds is 1. The van der Waals surface area contributed by atoms with Gasteiger partial charge in [0.1, 0.15) is 0 Å². The second kappa shape index (κ2) is 4.88. The van der Waals surface area contributed by atoms with Crippen LogP contribution in [-0.4, -0.2) is 23.9 Å². The number of hydrogen-bond acceptors (Lipinski definition) is 2. The van der Waals surface area contributed by atoms with E-state index in [2.05, 4.69) is 29.8 Å². The van der Waals surface area contributed by atoms with Gasteiger partial charge in [0.15, 0.2) is 0 Å². The number of carbonyl (C=O) groups excluding carboxylic acids is 1. The molecule has 2 unspecified atom stereocenters. The van der Waals surface area contributed by atoms with Gasteiger partial charge in [-0.2, -0.15) is 0 Å². The molecule has 0 spiro atoms. The summed E-state index contributed by atoms with van der Waals surface area (Å²) in [6, 6.07) is 1.91. The second-order valence-electron chi connectivity index (χ2n) is 4.79. The number of likely N-dealkylation sites (tertiary alicyclic amines) is 1. The highest BCUT2D eigenvalue weighted by molar-refractivity contribution is 9.10. The standard InChI is InChI=1S/C12H16BrNOS/c1-8-3-9(2)6-14(5-8)12(15)11-4-10(13)7-16-11/h4,7-9H,3,5-6H2,1-2H3. The summed E-state index contributed by atoms with van der Waals surface area (Å²) in [4.78, 5) is 15.1. The van der Waals surface area contributed by atoms with E-state index >= 15 is 0 Å². The van der Waals surface area contributed by atoms with Crippen LogP contribution in [0.25, 0.3) is 0 Å². The molecule has 1 aromatic rings. The molecule has 1 fully saturated rings. The molecule has 4 heteroatoms. The Morgan fingerprint density at radius 3 is 2.56 bits per heavy atom. The van der Waals surface area contributed by atoms with E-state index in [0.29, 0.717) is 11.8 Å². The van der Waals surface area contributed by atoms with E-state index in [4.69, 9.17) is 0 Å². The Hall–Kier alpha value is -0.350. The van der Waals surface area contributed by atoms with Crippen molar-refractivity contribution < 1.29 is 4.79 Å². The molecule has 1 amide bonds. The van der Waals surface area contributed by atoms with E-state index in [0.717, 1.165) is 22.4 Å². The van der Waals surface area contributed by atoms with Crippen LogP contribution in [0.3, 0.4) is 0 Å². The first kappa shape index (κ1) is 12.1. The van der Waals surface area contributed by atoms with Crippen LogP contribution in [0.5, 0.6) is 0 Å². The lowest BCUT2D eigenvalue weighted by atomic mass is 9.92. The van der Waals surface area contributed by atoms with Gasteiger partial charge in [0.05, 0.1) is 4.88 Å². The molecule has 16 heavy (non-hydrogen) atoms. The largest absolute Gasteiger partial charge is 0.337 e. The molecular formula is C12H16BrNOS. The van der Waals surface area contributed by atoms with Crippen molar-refractivity contribution in [3.8, 4) is 0 Å². The molecule has 0 radical (unpaired) electrons. The van der Waals surface area contributed by atoms with Crippen molar-refractivity contribution in [2.75, 3.05) is 13.1 Å². The number of amides is 1. The summed E-state index contributed by atoms with van der Waals surface area (Å²) in [6.45, 7) is 6.25. The van der Waals surface area contributed by atoms with Gasteiger partial charge in [-0.3, -0.25) is 4.79 Å². The number of piperidine rings is 1. The maximum Gasteiger partial charge on any atom is 0.263 e. The second-order valence-corrected chi connectivity index (χ2v) is 6.61. The minimum absolute atomic E-state index is 0.189. The average molecular weight is 302 g/mol. The summed E-state index contributed by atoms with van der Waals surface area (Å²) in [5.74, 6) is 1.43. The Kier molecular flexibility index (Phi) is 3.70. The molecular weight excluding hydrogens is 286 g/mol. The molecule has 0 aromatic carbocycles. The first-order chi connectivity index (χ1) is 7.56. The van der Waals surface area contributed by atoms with Gasteiger partial charge < -0.3 is 4.90 Å². The molecule has 0 saturated carbocycles. The average Bonchev–Trinajstić information content (AvgIpc) is 2.62. The van der Waals surface area contributed by atoms with Crippen LogP contribution in [0.15, 0.2) is 15.9 Å². The maximum absolute atomic E-state index is 12.2. The number of thiophene rings is 1. The summed E-state index contributed by atoms with van der Waals surface area (Å²) in [5.41, 5.74) is 0. The Morgan fingerprint density at radius 1 is 1.44 bits per heavy atom. The monoisotopic (exact) mass is 301 g/mol. The Morgan fingerprint density at radius 2 is 2.06 bits per heavy atom. The zero-order valence-electron chi connectivity index (χ0n) is 9.57. The highest BCUT2D eigenvalue weighted by atomic mass is 79.9. The zero-order chi connectivity index (χ0) is 11.7. The van der Waals surface area contributed by atoms with Gasteiger partial charge in [0, 0.05) is 22.9 Å². The third-order valence-corrected chi connectivity index (χ3v) is 4.61. The third kappa shape index (κ3) is 2.66. The Labute approximate surface area is 109 Å². The van der Waals surface area contributed by atoms with Crippen molar-refractivity contribution in [2.45, 2.75) is 20.3 Å². The van der Waals surface area contributed by atoms with E-state index in [1.807, 2.05) is 16.3 Å². The third-order valence-electron chi connectivity index (χ3n) is 2.93. The van der Waals surface area contributed by atoms with Crippen LogP contribution in [0.2, 0.25) is 0 Å². The minimum Gasteiger partial charge on any atom is -0.337 e. The van der Waals surface area contributed by atoms with Gasteiger partial charge in [-0.25, -0.2) is 0 Å². The van der Waals surface area contributed by atoms with Gasteiger partial charge in [0.2, 0.25) is 0 Å². The molecule has 0 N–H and O–H groups in total. The Bertz CT molecular complexity index is 380. The van der Waals surface area contributed by atoms with Crippen LogP contribution >= 0.6 is 27.3 Å². The summed E-state index contributed by atoms with van der Waals surface area (Å²) in [6.07, 6.45) is 1.23. The predicted molar refractivity (Wildman–Crippen MR) is 70.9 cm³/mol. The van der Waals surface area contributed by atoms with Crippen molar-refractivity contribution in [2.24, 2.45) is 11.8 Å². The smallest absolute Gasteiger partial charge is 0.263 e. The summed E-state index contributed by atoms with van der Waals surface area (Å²) in [7, 11) is 0. The van der Waals surface area contributed by atoms with Crippen LogP contribution in [0.1, 0.15) is 29.9 Å². The molecule has 2 heterocycles. The molecule has 2 nitrogen and oxygen atoms in total. The van der Waals surface area contributed by atoms with Crippen molar-refractivity contribution in [1.29, 1.82) is 0 Å². The van der Waals surface area contributed by atoms with E-state index in [9.17, 15) is 4.79 Å². The van der Waals surface area contributed by atoms with Crippen LogP contribution < -0.4 is 0 Å². The van der Waals surface area contributed by atoms with Crippen molar-refractivity contribution in [3.05, 3.63) is 20.8 Å². The molecule has 2 atom stereocenters. The molecule has 0 bridgehead atoms. The first-order valence-corrected chi connectivity index (χ1v) is 7.27. The summed E-state index contributed by atoms with van der Waals surface area (Å²) >= 11 is 4.90. The molecule has 1 aliphatic heterocycles. The zero-order valence-corrected chi connectivity index (χ0v) is 12.0. The molecule has 1 aromatic heterocycles. The predicted octanol–water partition coefficient (Wildman–Crippen LogP) is 3.63. The lowest BCUT2D eigenvalue weighted by Gasteiger charge is -2.34. The van der Waals surface area contributed by atoms with E-state index in [1.54, 1.807) is 0 Å². The molecule has 2 rings (SSSR count). The quantitative estimate of drug-likeness (QED) is 0.776. The van der Waals surface area contributed by atoms with Crippen molar-refractivity contribution in [3.63, 3.8) is 0 Å². The number of carbonyl (C=O) groups is 1. The molecule has 1 saturated heterocycles. The lowest BCUT2D eigenvalue weighted by Crippen LogP contribution is -2.42. The molecule has 88 valence electrons. The van der Waals surface area contributed by atoms with E-state index in [1.165, 1.54) is 17.8 Å². The summed E-state index contributed by atoms with van der Waals surface area (Å²) in [5, 5.41) is 1.96. The number of nitrogens with zero attached hydrogens (tertiary/aromatic N) is 1. The fourth-order valence-corrected chi connectivity index (χ4v) is 3.80. The van der Waals surface area contributed by atoms with Gasteiger partial charge >= 0.3 is 0 Å². The first-order valence-electron chi connectivity index (χ1n) is 5.59. The van der Waals surface area contributed by atoms with Gasteiger partial charge in [-0.05, 0) is 40.3 Å². The molecule has 1 aliphatic rings. The summed E-state index contributed by atoms with van der Waals surface area (Å²) < 4.78 is 0.999. The molecule has 0 aliphatic carbocycles. The highest BCUT2D eigenvalue weighted by Crippen LogP contribution is 2.26. The topological polar surface area (TPSA) is 20.3 Å². The van der Waals surface area contributed by atoms with Gasteiger partial charge in [-0.1, -0.05) is 13.8 Å². The van der Waals surface area contributed by atoms with Crippen LogP contribution in [-0.2, 0) is 0 Å². The van der Waals surface area contributed by atoms with E-state index in [-0.39, 0.29) is 5.91 Å². The van der Waals surface area contributed by atoms with Crippen LogP contribution in [0.4, 0.5) is 0 Å². The van der Waals surface area contributed by atoms with Crippen molar-refractivity contribution >= 4 is 33.2 Å². The lowest BCUT2D eigenvalue weighted by molar-refractivity contribution is 0.0628. The maximum atomic E-state index is 12.2.